The van der Waals surface area contributed by atoms with E-state index in [1.54, 1.807) is 5.38 Å². The molecule has 0 saturated carbocycles. The van der Waals surface area contributed by atoms with E-state index in [4.69, 9.17) is 0 Å². The number of carbonyl (C=O) groups excluding carboxylic acids is 2. The van der Waals surface area contributed by atoms with Crippen molar-refractivity contribution in [2.75, 3.05) is 17.7 Å². The van der Waals surface area contributed by atoms with Crippen molar-refractivity contribution in [3.8, 4) is 0 Å². The molecule has 2 aromatic carbocycles. The molecule has 122 valence electrons. The third-order valence-electron chi connectivity index (χ3n) is 3.35. The Balaban J connectivity index is 1.68. The van der Waals surface area contributed by atoms with E-state index in [0.29, 0.717) is 10.8 Å². The summed E-state index contributed by atoms with van der Waals surface area (Å²) in [5, 5.41) is 9.56. The fourth-order valence-electron chi connectivity index (χ4n) is 2.28. The Morgan fingerprint density at radius 1 is 1.12 bits per heavy atom. The first kappa shape index (κ1) is 15.9. The maximum Gasteiger partial charge on any atom is 0.413 e. The SMILES string of the molecule is COC(=O)Nc1nc(CC(=O)Nc2cccc3ccccc23)cs1. The topological polar surface area (TPSA) is 80.3 Å². The summed E-state index contributed by atoms with van der Waals surface area (Å²) in [6, 6.07) is 13.6. The van der Waals surface area contributed by atoms with E-state index in [0.717, 1.165) is 16.5 Å². The number of rotatable bonds is 4. The normalized spacial score (nSPS) is 10.4. The number of fused-ring (bicyclic) bond motifs is 1. The summed E-state index contributed by atoms with van der Waals surface area (Å²) in [7, 11) is 1.28. The zero-order chi connectivity index (χ0) is 16.9. The van der Waals surface area contributed by atoms with Gasteiger partial charge in [-0.2, -0.15) is 0 Å². The van der Waals surface area contributed by atoms with Crippen LogP contribution in [0.2, 0.25) is 0 Å². The number of aromatic nitrogens is 1. The third-order valence-corrected chi connectivity index (χ3v) is 4.16. The van der Waals surface area contributed by atoms with Crippen molar-refractivity contribution in [3.05, 3.63) is 53.5 Å². The number of nitrogens with zero attached hydrogens (tertiary/aromatic N) is 1. The standard InChI is InChI=1S/C17H15N3O3S/c1-23-17(22)20-16-18-12(10-24-16)9-15(21)19-14-8-4-6-11-5-2-3-7-13(11)14/h2-8,10H,9H2,1H3,(H,19,21)(H,18,20,22). The molecule has 2 amide bonds. The zero-order valence-corrected chi connectivity index (χ0v) is 13.7. The van der Waals surface area contributed by atoms with Crippen LogP contribution in [0.25, 0.3) is 10.8 Å². The van der Waals surface area contributed by atoms with Gasteiger partial charge in [0, 0.05) is 16.5 Å². The van der Waals surface area contributed by atoms with E-state index < -0.39 is 6.09 Å². The van der Waals surface area contributed by atoms with Crippen LogP contribution in [-0.2, 0) is 16.0 Å². The Bertz CT molecular complexity index is 886. The van der Waals surface area contributed by atoms with Gasteiger partial charge in [0.2, 0.25) is 5.91 Å². The lowest BCUT2D eigenvalue weighted by molar-refractivity contribution is -0.115. The van der Waals surface area contributed by atoms with Crippen LogP contribution in [-0.4, -0.2) is 24.1 Å². The molecule has 0 unspecified atom stereocenters. The second-order valence-corrected chi connectivity index (χ2v) is 5.87. The van der Waals surface area contributed by atoms with Crippen molar-refractivity contribution >= 4 is 44.9 Å². The number of hydrogen-bond donors (Lipinski definition) is 2. The highest BCUT2D eigenvalue weighted by Crippen LogP contribution is 2.23. The lowest BCUT2D eigenvalue weighted by Crippen LogP contribution is -2.15. The first-order chi connectivity index (χ1) is 11.7. The van der Waals surface area contributed by atoms with Gasteiger partial charge in [0.1, 0.15) is 0 Å². The Kier molecular flexibility index (Phi) is 4.72. The van der Waals surface area contributed by atoms with Crippen LogP contribution in [0.15, 0.2) is 47.8 Å². The number of thiazole rings is 1. The second-order valence-electron chi connectivity index (χ2n) is 5.01. The van der Waals surface area contributed by atoms with Crippen molar-refractivity contribution in [2.24, 2.45) is 0 Å². The molecule has 0 bridgehead atoms. The van der Waals surface area contributed by atoms with E-state index in [-0.39, 0.29) is 12.3 Å². The summed E-state index contributed by atoms with van der Waals surface area (Å²) in [5.74, 6) is -0.165. The van der Waals surface area contributed by atoms with Crippen LogP contribution < -0.4 is 10.6 Å². The minimum absolute atomic E-state index is 0.128. The van der Waals surface area contributed by atoms with Gasteiger partial charge in [0.25, 0.3) is 0 Å². The van der Waals surface area contributed by atoms with E-state index in [1.807, 2.05) is 42.5 Å². The Hall–Kier alpha value is -2.93. The summed E-state index contributed by atoms with van der Waals surface area (Å²) >= 11 is 1.24. The van der Waals surface area contributed by atoms with Crippen molar-refractivity contribution < 1.29 is 14.3 Å². The molecular formula is C17H15N3O3S. The number of methoxy groups -OCH3 is 1. The van der Waals surface area contributed by atoms with Crippen molar-refractivity contribution in [1.29, 1.82) is 0 Å². The molecule has 3 rings (SSSR count). The van der Waals surface area contributed by atoms with Crippen molar-refractivity contribution in [2.45, 2.75) is 6.42 Å². The molecule has 6 nitrogen and oxygen atoms in total. The molecule has 0 fully saturated rings. The summed E-state index contributed by atoms with van der Waals surface area (Å²) in [5.41, 5.74) is 1.35. The lowest BCUT2D eigenvalue weighted by atomic mass is 10.1. The minimum atomic E-state index is -0.587. The van der Waals surface area contributed by atoms with Crippen LogP contribution in [0.3, 0.4) is 0 Å². The molecule has 0 saturated heterocycles. The van der Waals surface area contributed by atoms with Crippen LogP contribution >= 0.6 is 11.3 Å². The predicted molar refractivity (Wildman–Crippen MR) is 94.4 cm³/mol. The molecule has 0 spiro atoms. The van der Waals surface area contributed by atoms with E-state index in [1.165, 1.54) is 18.4 Å². The molecule has 1 heterocycles. The van der Waals surface area contributed by atoms with Crippen LogP contribution in [0.1, 0.15) is 5.69 Å². The smallest absolute Gasteiger partial charge is 0.413 e. The van der Waals surface area contributed by atoms with Gasteiger partial charge in [0.05, 0.1) is 19.2 Å². The second kappa shape index (κ2) is 7.10. The van der Waals surface area contributed by atoms with Gasteiger partial charge in [-0.3, -0.25) is 10.1 Å². The van der Waals surface area contributed by atoms with E-state index in [2.05, 4.69) is 20.4 Å². The Morgan fingerprint density at radius 3 is 2.75 bits per heavy atom. The number of benzene rings is 2. The molecule has 24 heavy (non-hydrogen) atoms. The van der Waals surface area contributed by atoms with Crippen LogP contribution in [0, 0.1) is 0 Å². The van der Waals surface area contributed by atoms with Crippen molar-refractivity contribution in [1.82, 2.24) is 4.98 Å². The maximum absolute atomic E-state index is 12.3. The molecule has 1 aromatic heterocycles. The summed E-state index contributed by atoms with van der Waals surface area (Å²) in [4.78, 5) is 27.6. The molecule has 7 heteroatoms. The van der Waals surface area contributed by atoms with Crippen LogP contribution in [0.4, 0.5) is 15.6 Å². The van der Waals surface area contributed by atoms with Gasteiger partial charge in [-0.15, -0.1) is 11.3 Å². The number of hydrogen-bond acceptors (Lipinski definition) is 5. The molecular weight excluding hydrogens is 326 g/mol. The van der Waals surface area contributed by atoms with Gasteiger partial charge in [0.15, 0.2) is 5.13 Å². The van der Waals surface area contributed by atoms with E-state index in [9.17, 15) is 9.59 Å². The van der Waals surface area contributed by atoms with Gasteiger partial charge < -0.3 is 10.1 Å². The Morgan fingerprint density at radius 2 is 1.92 bits per heavy atom. The first-order valence-corrected chi connectivity index (χ1v) is 8.10. The number of nitrogens with one attached hydrogen (secondary N) is 2. The molecule has 0 radical (unpaired) electrons. The number of carbonyl (C=O) groups is 2. The lowest BCUT2D eigenvalue weighted by Gasteiger charge is -2.08. The fourth-order valence-corrected chi connectivity index (χ4v) is 2.97. The molecule has 3 aromatic rings. The summed E-state index contributed by atoms with van der Waals surface area (Å²) < 4.78 is 4.50. The van der Waals surface area contributed by atoms with Gasteiger partial charge in [-0.25, -0.2) is 9.78 Å². The molecule has 0 aliphatic rings. The molecule has 0 aliphatic heterocycles. The monoisotopic (exact) mass is 341 g/mol. The summed E-state index contributed by atoms with van der Waals surface area (Å²) in [6.07, 6.45) is -0.459. The quantitative estimate of drug-likeness (QED) is 0.759. The molecule has 2 N–H and O–H groups in total. The molecule has 0 aliphatic carbocycles. The Labute approximate surface area is 142 Å². The number of amides is 2. The summed E-state index contributed by atoms with van der Waals surface area (Å²) in [6.45, 7) is 0. The first-order valence-electron chi connectivity index (χ1n) is 7.22. The maximum atomic E-state index is 12.3. The van der Waals surface area contributed by atoms with Gasteiger partial charge >= 0.3 is 6.09 Å². The van der Waals surface area contributed by atoms with Crippen molar-refractivity contribution in [3.63, 3.8) is 0 Å². The average Bonchev–Trinajstić information content (AvgIpc) is 3.01. The minimum Gasteiger partial charge on any atom is -0.453 e. The predicted octanol–water partition coefficient (Wildman–Crippen LogP) is 3.66. The third kappa shape index (κ3) is 3.69. The fraction of sp³-hybridized carbons (Fsp3) is 0.118. The van der Waals surface area contributed by atoms with Crippen LogP contribution in [0.5, 0.6) is 0 Å². The zero-order valence-electron chi connectivity index (χ0n) is 12.9. The van der Waals surface area contributed by atoms with Gasteiger partial charge in [-0.1, -0.05) is 36.4 Å². The van der Waals surface area contributed by atoms with Gasteiger partial charge in [-0.05, 0) is 11.5 Å². The highest BCUT2D eigenvalue weighted by Gasteiger charge is 2.11. The highest BCUT2D eigenvalue weighted by atomic mass is 32.1. The number of ether oxygens (including phenoxy) is 1. The van der Waals surface area contributed by atoms with E-state index >= 15 is 0 Å². The molecule has 0 atom stereocenters. The number of anilines is 2. The highest BCUT2D eigenvalue weighted by molar-refractivity contribution is 7.13. The average molecular weight is 341 g/mol. The largest absolute Gasteiger partial charge is 0.453 e.